The fraction of sp³-hybridized carbons (Fsp3) is 0.316. The first kappa shape index (κ1) is 19.1. The van der Waals surface area contributed by atoms with Gasteiger partial charge in [0.15, 0.2) is 5.82 Å². The smallest absolute Gasteiger partial charge is 0.251 e. The number of rotatable bonds is 7. The quantitative estimate of drug-likeness (QED) is 0.741. The molecule has 2 rings (SSSR count). The van der Waals surface area contributed by atoms with Gasteiger partial charge in [-0.25, -0.2) is 9.97 Å². The van der Waals surface area contributed by atoms with Crippen molar-refractivity contribution in [2.75, 3.05) is 6.54 Å². The van der Waals surface area contributed by atoms with Gasteiger partial charge < -0.3 is 10.6 Å². The highest BCUT2D eigenvalue weighted by molar-refractivity contribution is 5.97. The Morgan fingerprint density at radius 1 is 1.15 bits per heavy atom. The maximum atomic E-state index is 12.5. The standard InChI is InChI=1S/C19H21N5O2/c1-13(2)12-16(19(26)23-11-8-20)24-18(25)15-6-4-14(5-7-15)17-21-9-3-10-22-17/h3-7,9-10,13,16H,11-12H2,1-2H3,(H,23,26)(H,24,25)/t16-/m0/s1. The highest BCUT2D eigenvalue weighted by Gasteiger charge is 2.22. The van der Waals surface area contributed by atoms with Gasteiger partial charge in [-0.3, -0.25) is 9.59 Å². The van der Waals surface area contributed by atoms with E-state index in [2.05, 4.69) is 20.6 Å². The largest absolute Gasteiger partial charge is 0.341 e. The third-order valence-corrected chi connectivity index (χ3v) is 3.64. The van der Waals surface area contributed by atoms with Crippen LogP contribution >= 0.6 is 0 Å². The molecule has 2 amide bonds. The maximum absolute atomic E-state index is 12.5. The molecule has 1 aromatic carbocycles. The molecule has 0 spiro atoms. The topological polar surface area (TPSA) is 108 Å². The average molecular weight is 351 g/mol. The van der Waals surface area contributed by atoms with E-state index < -0.39 is 6.04 Å². The van der Waals surface area contributed by atoms with Crippen molar-refractivity contribution >= 4 is 11.8 Å². The van der Waals surface area contributed by atoms with Crippen LogP contribution in [0.25, 0.3) is 11.4 Å². The van der Waals surface area contributed by atoms with Gasteiger partial charge >= 0.3 is 0 Å². The van der Waals surface area contributed by atoms with Crippen LogP contribution in [0, 0.1) is 17.2 Å². The normalized spacial score (nSPS) is 11.5. The van der Waals surface area contributed by atoms with Gasteiger partial charge in [-0.2, -0.15) is 5.26 Å². The zero-order valence-corrected chi connectivity index (χ0v) is 14.8. The first-order valence-electron chi connectivity index (χ1n) is 8.34. The summed E-state index contributed by atoms with van der Waals surface area (Å²) in [6.45, 7) is 3.84. The molecule has 1 heterocycles. The summed E-state index contributed by atoms with van der Waals surface area (Å²) >= 11 is 0. The summed E-state index contributed by atoms with van der Waals surface area (Å²) in [6, 6.07) is 9.76. The summed E-state index contributed by atoms with van der Waals surface area (Å²) in [5, 5.41) is 13.8. The molecule has 2 N–H and O–H groups in total. The molecule has 0 radical (unpaired) electrons. The lowest BCUT2D eigenvalue weighted by molar-refractivity contribution is -0.123. The molecule has 0 aliphatic carbocycles. The Balaban J connectivity index is 2.08. The lowest BCUT2D eigenvalue weighted by atomic mass is 10.0. The fourth-order valence-electron chi connectivity index (χ4n) is 2.41. The van der Waals surface area contributed by atoms with Crippen molar-refractivity contribution in [2.24, 2.45) is 5.92 Å². The summed E-state index contributed by atoms with van der Waals surface area (Å²) in [4.78, 5) is 33.0. The van der Waals surface area contributed by atoms with Crippen LogP contribution in [-0.4, -0.2) is 34.4 Å². The number of carbonyl (C=O) groups excluding carboxylic acids is 2. The van der Waals surface area contributed by atoms with Crippen LogP contribution in [0.1, 0.15) is 30.6 Å². The molecular formula is C19H21N5O2. The summed E-state index contributed by atoms with van der Waals surface area (Å²) in [5.41, 5.74) is 1.24. The minimum Gasteiger partial charge on any atom is -0.341 e. The van der Waals surface area contributed by atoms with E-state index in [1.54, 1.807) is 42.7 Å². The molecule has 0 unspecified atom stereocenters. The maximum Gasteiger partial charge on any atom is 0.251 e. The Hall–Kier alpha value is -3.27. The molecule has 7 heteroatoms. The number of nitrogens with zero attached hydrogens (tertiary/aromatic N) is 3. The Bertz CT molecular complexity index is 782. The fourth-order valence-corrected chi connectivity index (χ4v) is 2.41. The van der Waals surface area contributed by atoms with Gasteiger partial charge in [0, 0.05) is 23.5 Å². The van der Waals surface area contributed by atoms with E-state index in [4.69, 9.17) is 5.26 Å². The van der Waals surface area contributed by atoms with Gasteiger partial charge in [0.1, 0.15) is 12.6 Å². The molecule has 0 saturated heterocycles. The minimum atomic E-state index is -0.687. The predicted octanol–water partition coefficient (Wildman–Crippen LogP) is 1.93. The highest BCUT2D eigenvalue weighted by atomic mass is 16.2. The van der Waals surface area contributed by atoms with Crippen LogP contribution in [0.15, 0.2) is 42.7 Å². The van der Waals surface area contributed by atoms with Gasteiger partial charge in [0.25, 0.3) is 5.91 Å². The van der Waals surface area contributed by atoms with E-state index in [-0.39, 0.29) is 24.3 Å². The van der Waals surface area contributed by atoms with Crippen molar-refractivity contribution < 1.29 is 9.59 Å². The molecule has 7 nitrogen and oxygen atoms in total. The summed E-state index contributed by atoms with van der Waals surface area (Å²) in [7, 11) is 0. The molecule has 0 saturated carbocycles. The molecule has 1 atom stereocenters. The van der Waals surface area contributed by atoms with E-state index in [1.807, 2.05) is 19.9 Å². The number of nitrogens with one attached hydrogen (secondary N) is 2. The molecule has 0 aliphatic rings. The monoisotopic (exact) mass is 351 g/mol. The van der Waals surface area contributed by atoms with Crippen LogP contribution in [0.2, 0.25) is 0 Å². The van der Waals surface area contributed by atoms with E-state index in [1.165, 1.54) is 0 Å². The number of hydrogen-bond acceptors (Lipinski definition) is 5. The molecule has 2 aromatic rings. The molecule has 26 heavy (non-hydrogen) atoms. The van der Waals surface area contributed by atoms with Crippen molar-refractivity contribution in [3.8, 4) is 17.5 Å². The van der Waals surface area contributed by atoms with Crippen LogP contribution < -0.4 is 10.6 Å². The first-order chi connectivity index (χ1) is 12.5. The van der Waals surface area contributed by atoms with Crippen LogP contribution in [0.5, 0.6) is 0 Å². The number of aromatic nitrogens is 2. The van der Waals surface area contributed by atoms with Crippen molar-refractivity contribution in [1.82, 2.24) is 20.6 Å². The van der Waals surface area contributed by atoms with Crippen molar-refractivity contribution in [1.29, 1.82) is 5.26 Å². The number of nitriles is 1. The van der Waals surface area contributed by atoms with Gasteiger partial charge in [-0.15, -0.1) is 0 Å². The van der Waals surface area contributed by atoms with Gasteiger partial charge in [-0.1, -0.05) is 26.0 Å². The van der Waals surface area contributed by atoms with E-state index in [0.717, 1.165) is 5.56 Å². The van der Waals surface area contributed by atoms with E-state index in [9.17, 15) is 9.59 Å². The predicted molar refractivity (Wildman–Crippen MR) is 96.8 cm³/mol. The average Bonchev–Trinajstić information content (AvgIpc) is 2.66. The van der Waals surface area contributed by atoms with Gasteiger partial charge in [-0.05, 0) is 30.5 Å². The zero-order valence-electron chi connectivity index (χ0n) is 14.8. The van der Waals surface area contributed by atoms with Crippen molar-refractivity contribution in [3.63, 3.8) is 0 Å². The zero-order chi connectivity index (χ0) is 18.9. The lowest BCUT2D eigenvalue weighted by Crippen LogP contribution is -2.47. The number of hydrogen-bond donors (Lipinski definition) is 2. The number of carbonyl (C=O) groups is 2. The SMILES string of the molecule is CC(C)C[C@H](NC(=O)c1ccc(-c2ncccn2)cc1)C(=O)NCC#N. The van der Waals surface area contributed by atoms with Crippen molar-refractivity contribution in [3.05, 3.63) is 48.3 Å². The number of benzene rings is 1. The second-order valence-electron chi connectivity index (χ2n) is 6.18. The molecule has 0 bridgehead atoms. The molecule has 1 aromatic heterocycles. The van der Waals surface area contributed by atoms with Crippen molar-refractivity contribution in [2.45, 2.75) is 26.3 Å². The molecule has 134 valence electrons. The van der Waals surface area contributed by atoms with Crippen LogP contribution in [-0.2, 0) is 4.79 Å². The summed E-state index contributed by atoms with van der Waals surface area (Å²) in [5.74, 6) is 0.0879. The van der Waals surface area contributed by atoms with Gasteiger partial charge in [0.2, 0.25) is 5.91 Å². The number of amides is 2. The van der Waals surface area contributed by atoms with Crippen LogP contribution in [0.3, 0.4) is 0 Å². The second kappa shape index (κ2) is 9.28. The van der Waals surface area contributed by atoms with E-state index >= 15 is 0 Å². The third kappa shape index (κ3) is 5.38. The lowest BCUT2D eigenvalue weighted by Gasteiger charge is -2.19. The Morgan fingerprint density at radius 3 is 2.38 bits per heavy atom. The van der Waals surface area contributed by atoms with E-state index in [0.29, 0.717) is 17.8 Å². The Kier molecular flexibility index (Phi) is 6.80. The summed E-state index contributed by atoms with van der Waals surface area (Å²) < 4.78 is 0. The molecule has 0 aliphatic heterocycles. The summed E-state index contributed by atoms with van der Waals surface area (Å²) in [6.07, 6.45) is 3.79. The van der Waals surface area contributed by atoms with Crippen LogP contribution in [0.4, 0.5) is 0 Å². The second-order valence-corrected chi connectivity index (χ2v) is 6.18. The first-order valence-corrected chi connectivity index (χ1v) is 8.34. The highest BCUT2D eigenvalue weighted by Crippen LogP contribution is 2.15. The molecular weight excluding hydrogens is 330 g/mol. The third-order valence-electron chi connectivity index (χ3n) is 3.64. The Labute approximate surface area is 152 Å². The van der Waals surface area contributed by atoms with Gasteiger partial charge in [0.05, 0.1) is 6.07 Å². The Morgan fingerprint density at radius 2 is 1.81 bits per heavy atom. The molecule has 0 fully saturated rings. The minimum absolute atomic E-state index is 0.0882.